The van der Waals surface area contributed by atoms with E-state index in [9.17, 15) is 9.59 Å². The number of hydrogen-bond acceptors (Lipinski definition) is 4. The third kappa shape index (κ3) is 3.94. The number of carbonyl (C=O) groups is 1. The van der Waals surface area contributed by atoms with Crippen molar-refractivity contribution in [2.45, 2.75) is 27.2 Å². The lowest BCUT2D eigenvalue weighted by atomic mass is 10.1. The molecule has 0 bridgehead atoms. The maximum Gasteiger partial charge on any atom is 0.336 e. The van der Waals surface area contributed by atoms with Crippen LogP contribution in [0.4, 0.5) is 5.69 Å². The Morgan fingerprint density at radius 2 is 1.88 bits per heavy atom. The average molecular weight is 351 g/mol. The average Bonchev–Trinajstić information content (AvgIpc) is 2.62. The molecule has 134 valence electrons. The molecular formula is C21H21NO4. The van der Waals surface area contributed by atoms with Crippen molar-refractivity contribution in [2.24, 2.45) is 0 Å². The van der Waals surface area contributed by atoms with E-state index < -0.39 is 0 Å². The van der Waals surface area contributed by atoms with Crippen LogP contribution in [0.2, 0.25) is 0 Å². The van der Waals surface area contributed by atoms with Crippen LogP contribution in [0, 0.1) is 13.8 Å². The Morgan fingerprint density at radius 3 is 2.62 bits per heavy atom. The topological polar surface area (TPSA) is 68.5 Å². The zero-order chi connectivity index (χ0) is 18.7. The first-order valence-electron chi connectivity index (χ1n) is 8.53. The van der Waals surface area contributed by atoms with Gasteiger partial charge in [-0.1, -0.05) is 13.0 Å². The van der Waals surface area contributed by atoms with E-state index in [1.165, 1.54) is 11.6 Å². The maximum atomic E-state index is 12.1. The Hall–Kier alpha value is -3.08. The summed E-state index contributed by atoms with van der Waals surface area (Å²) in [7, 11) is 0. The van der Waals surface area contributed by atoms with Gasteiger partial charge in [-0.25, -0.2) is 4.79 Å². The van der Waals surface area contributed by atoms with Crippen molar-refractivity contribution in [3.63, 3.8) is 0 Å². The normalized spacial score (nSPS) is 10.7. The van der Waals surface area contributed by atoms with Crippen molar-refractivity contribution >= 4 is 22.6 Å². The second kappa shape index (κ2) is 7.44. The molecule has 0 aliphatic rings. The van der Waals surface area contributed by atoms with E-state index in [0.29, 0.717) is 11.3 Å². The second-order valence-electron chi connectivity index (χ2n) is 6.24. The van der Waals surface area contributed by atoms with E-state index >= 15 is 0 Å². The largest absolute Gasteiger partial charge is 0.484 e. The molecule has 3 rings (SSSR count). The van der Waals surface area contributed by atoms with Gasteiger partial charge in [0, 0.05) is 23.2 Å². The first-order chi connectivity index (χ1) is 12.5. The molecular weight excluding hydrogens is 330 g/mol. The maximum absolute atomic E-state index is 12.1. The zero-order valence-corrected chi connectivity index (χ0v) is 15.1. The molecule has 1 N–H and O–H groups in total. The van der Waals surface area contributed by atoms with Gasteiger partial charge in [0.05, 0.1) is 0 Å². The van der Waals surface area contributed by atoms with Crippen LogP contribution < -0.4 is 15.7 Å². The minimum atomic E-state index is -0.390. The molecule has 5 nitrogen and oxygen atoms in total. The number of anilines is 1. The number of nitrogens with one attached hydrogen (secondary N) is 1. The molecule has 0 saturated heterocycles. The molecule has 0 saturated carbocycles. The molecule has 5 heteroatoms. The van der Waals surface area contributed by atoms with Gasteiger partial charge in [-0.3, -0.25) is 4.79 Å². The van der Waals surface area contributed by atoms with Gasteiger partial charge < -0.3 is 14.5 Å². The van der Waals surface area contributed by atoms with Gasteiger partial charge in [0.2, 0.25) is 0 Å². The smallest absolute Gasteiger partial charge is 0.336 e. The van der Waals surface area contributed by atoms with Crippen LogP contribution >= 0.6 is 0 Å². The minimum absolute atomic E-state index is 0.129. The number of hydrogen-bond donors (Lipinski definition) is 1. The van der Waals surface area contributed by atoms with Crippen molar-refractivity contribution in [3.8, 4) is 5.75 Å². The lowest BCUT2D eigenvalue weighted by Gasteiger charge is -2.10. The molecule has 0 radical (unpaired) electrons. The quantitative estimate of drug-likeness (QED) is 0.706. The van der Waals surface area contributed by atoms with Gasteiger partial charge >= 0.3 is 5.63 Å². The second-order valence-corrected chi connectivity index (χ2v) is 6.24. The van der Waals surface area contributed by atoms with Gasteiger partial charge in [-0.15, -0.1) is 0 Å². The highest BCUT2D eigenvalue weighted by Gasteiger charge is 2.08. The van der Waals surface area contributed by atoms with Crippen molar-refractivity contribution in [1.29, 1.82) is 0 Å². The van der Waals surface area contributed by atoms with E-state index in [0.717, 1.165) is 28.6 Å². The van der Waals surface area contributed by atoms with E-state index in [1.54, 1.807) is 12.1 Å². The van der Waals surface area contributed by atoms with E-state index in [-0.39, 0.29) is 18.1 Å². The Bertz CT molecular complexity index is 1020. The number of carbonyl (C=O) groups excluding carboxylic acids is 1. The third-order valence-corrected chi connectivity index (χ3v) is 4.34. The number of benzene rings is 2. The molecule has 1 heterocycles. The number of fused-ring (bicyclic) bond motifs is 1. The molecule has 2 aromatic carbocycles. The summed E-state index contributed by atoms with van der Waals surface area (Å²) in [5.41, 5.74) is 4.01. The Morgan fingerprint density at radius 1 is 1.08 bits per heavy atom. The van der Waals surface area contributed by atoms with Gasteiger partial charge in [-0.2, -0.15) is 0 Å². The zero-order valence-electron chi connectivity index (χ0n) is 15.1. The Kier molecular flexibility index (Phi) is 5.07. The summed E-state index contributed by atoms with van der Waals surface area (Å²) in [6, 6.07) is 12.5. The standard InChI is InChI=1S/C21H21NO4/c1-4-15-10-21(24)26-19-11-17(7-8-18(15)19)25-12-20(23)22-16-6-5-13(2)14(3)9-16/h5-11H,4,12H2,1-3H3,(H,22,23). The summed E-state index contributed by atoms with van der Waals surface area (Å²) in [6.07, 6.45) is 0.737. The summed E-state index contributed by atoms with van der Waals surface area (Å²) < 4.78 is 10.8. The first kappa shape index (κ1) is 17.7. The summed E-state index contributed by atoms with van der Waals surface area (Å²) in [5, 5.41) is 3.68. The predicted molar refractivity (Wildman–Crippen MR) is 102 cm³/mol. The van der Waals surface area contributed by atoms with E-state index in [1.807, 2.05) is 45.0 Å². The number of aryl methyl sites for hydroxylation is 3. The number of amides is 1. The SMILES string of the molecule is CCc1cc(=O)oc2cc(OCC(=O)Nc3ccc(C)c(C)c3)ccc12. The molecule has 0 unspecified atom stereocenters. The number of ether oxygens (including phenoxy) is 1. The van der Waals surface area contributed by atoms with Crippen molar-refractivity contribution in [2.75, 3.05) is 11.9 Å². The summed E-state index contributed by atoms with van der Waals surface area (Å²) in [5.74, 6) is 0.223. The lowest BCUT2D eigenvalue weighted by molar-refractivity contribution is -0.118. The molecule has 0 atom stereocenters. The van der Waals surface area contributed by atoms with Crippen molar-refractivity contribution in [1.82, 2.24) is 0 Å². The fourth-order valence-electron chi connectivity index (χ4n) is 2.76. The number of rotatable bonds is 5. The van der Waals surface area contributed by atoms with E-state index in [2.05, 4.69) is 5.32 Å². The predicted octanol–water partition coefficient (Wildman–Crippen LogP) is 3.99. The van der Waals surface area contributed by atoms with Crippen molar-refractivity contribution in [3.05, 3.63) is 69.6 Å². The van der Waals surface area contributed by atoms with Crippen molar-refractivity contribution < 1.29 is 13.9 Å². The van der Waals surface area contributed by atoms with Gasteiger partial charge in [-0.05, 0) is 61.2 Å². The Balaban J connectivity index is 1.70. The summed E-state index contributed by atoms with van der Waals surface area (Å²) in [6.45, 7) is 5.87. The van der Waals surface area contributed by atoms with Crippen LogP contribution in [-0.2, 0) is 11.2 Å². The van der Waals surface area contributed by atoms with Gasteiger partial charge in [0.25, 0.3) is 5.91 Å². The highest BCUT2D eigenvalue weighted by Crippen LogP contribution is 2.23. The molecule has 1 amide bonds. The van der Waals surface area contributed by atoms with Crippen LogP contribution in [0.3, 0.4) is 0 Å². The fourth-order valence-corrected chi connectivity index (χ4v) is 2.76. The van der Waals surface area contributed by atoms with Crippen LogP contribution in [0.5, 0.6) is 5.75 Å². The molecule has 3 aromatic rings. The van der Waals surface area contributed by atoms with Gasteiger partial charge in [0.1, 0.15) is 11.3 Å². The monoisotopic (exact) mass is 351 g/mol. The fraction of sp³-hybridized carbons (Fsp3) is 0.238. The molecule has 1 aromatic heterocycles. The molecule has 0 aliphatic heterocycles. The minimum Gasteiger partial charge on any atom is -0.484 e. The summed E-state index contributed by atoms with van der Waals surface area (Å²) in [4.78, 5) is 23.7. The summed E-state index contributed by atoms with van der Waals surface area (Å²) >= 11 is 0. The molecule has 26 heavy (non-hydrogen) atoms. The van der Waals surface area contributed by atoms with Crippen LogP contribution in [-0.4, -0.2) is 12.5 Å². The molecule has 0 aliphatic carbocycles. The van der Waals surface area contributed by atoms with Crippen LogP contribution in [0.25, 0.3) is 11.0 Å². The first-order valence-corrected chi connectivity index (χ1v) is 8.53. The van der Waals surface area contributed by atoms with Crippen LogP contribution in [0.1, 0.15) is 23.6 Å². The van der Waals surface area contributed by atoms with Crippen LogP contribution in [0.15, 0.2) is 51.7 Å². The Labute approximate surface area is 151 Å². The van der Waals surface area contributed by atoms with Gasteiger partial charge in [0.15, 0.2) is 6.61 Å². The molecule has 0 fully saturated rings. The van der Waals surface area contributed by atoms with E-state index in [4.69, 9.17) is 9.15 Å². The highest BCUT2D eigenvalue weighted by molar-refractivity contribution is 5.92. The highest BCUT2D eigenvalue weighted by atomic mass is 16.5. The third-order valence-electron chi connectivity index (χ3n) is 4.34. The molecule has 0 spiro atoms. The lowest BCUT2D eigenvalue weighted by Crippen LogP contribution is -2.20.